The minimum Gasteiger partial charge on any atom is -0.497 e. The van der Waals surface area contributed by atoms with Crippen molar-refractivity contribution in [2.45, 2.75) is 26.2 Å². The summed E-state index contributed by atoms with van der Waals surface area (Å²) in [5.74, 6) is 1.31. The van der Waals surface area contributed by atoms with Crippen LogP contribution in [0.2, 0.25) is 0 Å². The minimum absolute atomic E-state index is 0.0619. The molecule has 6 rings (SSSR count). The van der Waals surface area contributed by atoms with Crippen molar-refractivity contribution in [2.24, 2.45) is 0 Å². The van der Waals surface area contributed by atoms with Crippen molar-refractivity contribution in [3.63, 3.8) is 0 Å². The molecule has 0 bridgehead atoms. The molecule has 3 aromatic carbocycles. The van der Waals surface area contributed by atoms with Gasteiger partial charge in [-0.05, 0) is 53.5 Å². The Bertz CT molecular complexity index is 1880. The molecule has 0 radical (unpaired) electrons. The third-order valence-electron chi connectivity index (χ3n) is 6.60. The van der Waals surface area contributed by atoms with E-state index in [1.807, 2.05) is 83.7 Å². The molecule has 0 spiro atoms. The fraction of sp³-hybridized carbons (Fsp3) is 0.161. The summed E-state index contributed by atoms with van der Waals surface area (Å²) >= 11 is 1.32. The molecule has 0 atom stereocenters. The van der Waals surface area contributed by atoms with Crippen LogP contribution in [0.1, 0.15) is 31.9 Å². The van der Waals surface area contributed by atoms with Gasteiger partial charge in [-0.25, -0.2) is 4.68 Å². The summed E-state index contributed by atoms with van der Waals surface area (Å²) in [6.07, 6.45) is 3.81. The number of benzene rings is 3. The van der Waals surface area contributed by atoms with Gasteiger partial charge in [0.2, 0.25) is 4.96 Å². The lowest BCUT2D eigenvalue weighted by molar-refractivity contribution is 0.415. The average molecular weight is 534 g/mol. The Labute approximate surface area is 229 Å². The van der Waals surface area contributed by atoms with Gasteiger partial charge in [0.1, 0.15) is 11.4 Å². The van der Waals surface area contributed by atoms with E-state index in [1.54, 1.807) is 7.11 Å². The van der Waals surface area contributed by atoms with Crippen molar-refractivity contribution in [3.8, 4) is 34.1 Å². The quantitative estimate of drug-likeness (QED) is 0.292. The Kier molecular flexibility index (Phi) is 6.12. The summed E-state index contributed by atoms with van der Waals surface area (Å²) in [6, 6.07) is 25.8. The number of hydrogen-bond acceptors (Lipinski definition) is 6. The largest absolute Gasteiger partial charge is 0.497 e. The molecule has 0 saturated carbocycles. The van der Waals surface area contributed by atoms with Crippen molar-refractivity contribution >= 4 is 22.4 Å². The summed E-state index contributed by atoms with van der Waals surface area (Å²) in [7, 11) is 1.64. The van der Waals surface area contributed by atoms with E-state index in [1.165, 1.54) is 21.4 Å². The lowest BCUT2D eigenvalue weighted by Crippen LogP contribution is -2.23. The highest BCUT2D eigenvalue weighted by atomic mass is 32.1. The van der Waals surface area contributed by atoms with E-state index in [0.29, 0.717) is 15.3 Å². The van der Waals surface area contributed by atoms with Crippen LogP contribution in [0.25, 0.3) is 39.4 Å². The van der Waals surface area contributed by atoms with Gasteiger partial charge in [-0.2, -0.15) is 14.6 Å². The van der Waals surface area contributed by atoms with E-state index in [2.05, 4.69) is 43.0 Å². The van der Waals surface area contributed by atoms with Crippen molar-refractivity contribution in [2.75, 3.05) is 7.11 Å². The lowest BCUT2D eigenvalue weighted by atomic mass is 9.87. The monoisotopic (exact) mass is 533 g/mol. The first-order valence-electron chi connectivity index (χ1n) is 12.6. The van der Waals surface area contributed by atoms with E-state index in [9.17, 15) is 4.79 Å². The number of thiazole rings is 1. The van der Waals surface area contributed by atoms with Gasteiger partial charge in [-0.15, -0.1) is 5.10 Å². The van der Waals surface area contributed by atoms with E-state index < -0.39 is 0 Å². The molecule has 194 valence electrons. The molecule has 0 aliphatic rings. The summed E-state index contributed by atoms with van der Waals surface area (Å²) in [6.45, 7) is 6.54. The first-order valence-corrected chi connectivity index (χ1v) is 13.4. The van der Waals surface area contributed by atoms with Crippen molar-refractivity contribution in [1.82, 2.24) is 24.4 Å². The molecule has 0 aliphatic heterocycles. The maximum absolute atomic E-state index is 13.4. The van der Waals surface area contributed by atoms with E-state index in [4.69, 9.17) is 9.84 Å². The molecule has 3 heterocycles. The van der Waals surface area contributed by atoms with Crippen LogP contribution in [0.5, 0.6) is 5.75 Å². The third kappa shape index (κ3) is 4.75. The Morgan fingerprint density at radius 3 is 2.21 bits per heavy atom. The third-order valence-corrected chi connectivity index (χ3v) is 7.56. The molecule has 8 heteroatoms. The zero-order valence-electron chi connectivity index (χ0n) is 22.1. The Morgan fingerprint density at radius 1 is 0.872 bits per heavy atom. The number of fused-ring (bicyclic) bond motifs is 1. The SMILES string of the molecule is COc1ccc(-c2nn(-c3ccccc3)cc2/C=c2\sc3nc(-c4ccc(C(C)(C)C)cc4)nn3c2=O)cc1. The number of methoxy groups -OCH3 is 1. The van der Waals surface area contributed by atoms with Gasteiger partial charge in [0.25, 0.3) is 5.56 Å². The maximum atomic E-state index is 13.4. The molecule has 6 aromatic rings. The highest BCUT2D eigenvalue weighted by molar-refractivity contribution is 7.15. The minimum atomic E-state index is -0.201. The summed E-state index contributed by atoms with van der Waals surface area (Å²) in [4.78, 5) is 18.6. The van der Waals surface area contributed by atoms with E-state index >= 15 is 0 Å². The number of aromatic nitrogens is 5. The molecule has 39 heavy (non-hydrogen) atoms. The molecule has 0 saturated heterocycles. The van der Waals surface area contributed by atoms with Crippen LogP contribution in [0, 0.1) is 0 Å². The Balaban J connectivity index is 1.42. The van der Waals surface area contributed by atoms with Crippen LogP contribution in [-0.4, -0.2) is 31.5 Å². The summed E-state index contributed by atoms with van der Waals surface area (Å²) in [5, 5.41) is 9.40. The van der Waals surface area contributed by atoms with Gasteiger partial charge in [0.05, 0.1) is 17.3 Å². The molecule has 0 amide bonds. The van der Waals surface area contributed by atoms with Gasteiger partial charge in [0, 0.05) is 22.9 Å². The zero-order valence-corrected chi connectivity index (χ0v) is 22.9. The van der Waals surface area contributed by atoms with Crippen LogP contribution < -0.4 is 14.8 Å². The van der Waals surface area contributed by atoms with Crippen molar-refractivity contribution < 1.29 is 4.74 Å². The maximum Gasteiger partial charge on any atom is 0.291 e. The van der Waals surface area contributed by atoms with E-state index in [-0.39, 0.29) is 11.0 Å². The summed E-state index contributed by atoms with van der Waals surface area (Å²) < 4.78 is 9.07. The molecule has 0 aliphatic carbocycles. The molecular weight excluding hydrogens is 506 g/mol. The Morgan fingerprint density at radius 2 is 1.56 bits per heavy atom. The van der Waals surface area contributed by atoms with Crippen LogP contribution in [0.15, 0.2) is 89.9 Å². The first kappa shape index (κ1) is 24.8. The normalized spacial score (nSPS) is 12.4. The fourth-order valence-electron chi connectivity index (χ4n) is 4.40. The number of para-hydroxylation sites is 1. The fourth-order valence-corrected chi connectivity index (χ4v) is 5.29. The van der Waals surface area contributed by atoms with Gasteiger partial charge in [0.15, 0.2) is 5.82 Å². The number of ether oxygens (including phenoxy) is 1. The smallest absolute Gasteiger partial charge is 0.291 e. The second-order valence-corrected chi connectivity index (χ2v) is 11.3. The van der Waals surface area contributed by atoms with E-state index in [0.717, 1.165) is 33.8 Å². The van der Waals surface area contributed by atoms with Crippen LogP contribution in [0.3, 0.4) is 0 Å². The molecule has 0 N–H and O–H groups in total. The van der Waals surface area contributed by atoms with Crippen molar-refractivity contribution in [1.29, 1.82) is 0 Å². The first-order chi connectivity index (χ1) is 18.8. The molecular formula is C31H27N5O2S. The van der Waals surface area contributed by atoms with Gasteiger partial charge in [-0.1, -0.05) is 74.6 Å². The topological polar surface area (TPSA) is 74.3 Å². The number of nitrogens with zero attached hydrogens (tertiary/aromatic N) is 5. The van der Waals surface area contributed by atoms with Crippen LogP contribution >= 0.6 is 11.3 Å². The number of rotatable bonds is 5. The predicted molar refractivity (Wildman–Crippen MR) is 156 cm³/mol. The number of hydrogen-bond donors (Lipinski definition) is 0. The molecule has 0 fully saturated rings. The second kappa shape index (κ2) is 9.63. The zero-order chi connectivity index (χ0) is 27.1. The van der Waals surface area contributed by atoms with Crippen LogP contribution in [-0.2, 0) is 5.41 Å². The molecule has 0 unspecified atom stereocenters. The highest BCUT2D eigenvalue weighted by Gasteiger charge is 2.17. The van der Waals surface area contributed by atoms with Gasteiger partial charge >= 0.3 is 0 Å². The average Bonchev–Trinajstić information content (AvgIpc) is 3.64. The standard InChI is InChI=1S/C31H27N5O2S/c1-31(2,3)23-14-10-21(11-15-23)28-32-30-36(34-28)29(37)26(39-30)18-22-19-35(24-8-6-5-7-9-24)33-27(22)20-12-16-25(38-4)17-13-20/h5-19H,1-4H3/b26-18-. The van der Waals surface area contributed by atoms with Gasteiger partial charge < -0.3 is 4.74 Å². The highest BCUT2D eigenvalue weighted by Crippen LogP contribution is 2.27. The second-order valence-electron chi connectivity index (χ2n) is 10.3. The van der Waals surface area contributed by atoms with Crippen LogP contribution in [0.4, 0.5) is 0 Å². The Hall–Kier alpha value is -4.56. The summed E-state index contributed by atoms with van der Waals surface area (Å²) in [5.41, 5.74) is 5.42. The molecule has 3 aromatic heterocycles. The van der Waals surface area contributed by atoms with Crippen molar-refractivity contribution in [3.05, 3.63) is 111 Å². The predicted octanol–water partition coefficient (Wildman–Crippen LogP) is 5.52. The molecule has 7 nitrogen and oxygen atoms in total. The lowest BCUT2D eigenvalue weighted by Gasteiger charge is -2.18. The van der Waals surface area contributed by atoms with Gasteiger partial charge in [-0.3, -0.25) is 4.79 Å².